The van der Waals surface area contributed by atoms with Gasteiger partial charge in [-0.1, -0.05) is 5.16 Å². The predicted molar refractivity (Wildman–Crippen MR) is 94.5 cm³/mol. The van der Waals surface area contributed by atoms with E-state index >= 15 is 0 Å². The summed E-state index contributed by atoms with van der Waals surface area (Å²) in [5.74, 6) is 1.24. The van der Waals surface area contributed by atoms with Gasteiger partial charge in [0.25, 0.3) is 0 Å². The van der Waals surface area contributed by atoms with Gasteiger partial charge in [0.2, 0.25) is 5.91 Å². The summed E-state index contributed by atoms with van der Waals surface area (Å²) < 4.78 is 11.0. The maximum Gasteiger partial charge on any atom is 0.228 e. The van der Waals surface area contributed by atoms with E-state index in [-0.39, 0.29) is 5.91 Å². The molecule has 0 unspecified atom stereocenters. The second-order valence-corrected chi connectivity index (χ2v) is 7.58. The maximum atomic E-state index is 12.9. The van der Waals surface area contributed by atoms with Crippen LogP contribution in [0.1, 0.15) is 36.6 Å². The first-order valence-corrected chi connectivity index (χ1v) is 9.26. The van der Waals surface area contributed by atoms with Crippen molar-refractivity contribution in [3.63, 3.8) is 0 Å². The van der Waals surface area contributed by atoms with Crippen molar-refractivity contribution in [1.82, 2.24) is 20.7 Å². The molecule has 2 N–H and O–H groups in total. The fourth-order valence-electron chi connectivity index (χ4n) is 3.68. The molecule has 2 atom stereocenters. The number of rotatable bonds is 7. The van der Waals surface area contributed by atoms with Crippen molar-refractivity contribution in [2.24, 2.45) is 5.41 Å². The van der Waals surface area contributed by atoms with Gasteiger partial charge in [0.15, 0.2) is 0 Å². The quantitative estimate of drug-likeness (QED) is 0.756. The molecule has 0 saturated carbocycles. The van der Waals surface area contributed by atoms with Crippen LogP contribution >= 0.6 is 0 Å². The highest BCUT2D eigenvalue weighted by atomic mass is 16.5. The van der Waals surface area contributed by atoms with E-state index < -0.39 is 5.41 Å². The zero-order chi connectivity index (χ0) is 17.7. The minimum absolute atomic E-state index is 0.115. The molecule has 0 aromatic carbocycles. The largest absolute Gasteiger partial charge is 0.381 e. The number of aromatic nitrogens is 1. The third-order valence-corrected chi connectivity index (χ3v) is 5.24. The molecular weight excluding hydrogens is 320 g/mol. The van der Waals surface area contributed by atoms with E-state index in [0.717, 1.165) is 50.4 Å². The number of nitrogens with zero attached hydrogens (tertiary/aromatic N) is 2. The van der Waals surface area contributed by atoms with Crippen LogP contribution in [-0.4, -0.2) is 69.5 Å². The lowest BCUT2D eigenvalue weighted by molar-refractivity contribution is -0.132. The van der Waals surface area contributed by atoms with Gasteiger partial charge in [-0.3, -0.25) is 4.79 Å². The number of likely N-dealkylation sites (N-methyl/N-ethyl adjacent to an activating group) is 1. The van der Waals surface area contributed by atoms with Crippen LogP contribution in [0.4, 0.5) is 0 Å². The maximum absolute atomic E-state index is 12.9. The van der Waals surface area contributed by atoms with Gasteiger partial charge in [-0.05, 0) is 39.9 Å². The molecule has 140 valence electrons. The lowest BCUT2D eigenvalue weighted by Gasteiger charge is -2.35. The molecule has 25 heavy (non-hydrogen) atoms. The lowest BCUT2D eigenvalue weighted by Crippen LogP contribution is -2.52. The molecule has 1 amide bonds. The summed E-state index contributed by atoms with van der Waals surface area (Å²) in [4.78, 5) is 15.0. The van der Waals surface area contributed by atoms with Crippen molar-refractivity contribution in [3.05, 3.63) is 17.5 Å². The summed E-state index contributed by atoms with van der Waals surface area (Å²) in [6.07, 6.45) is 3.45. The number of amides is 1. The van der Waals surface area contributed by atoms with Crippen molar-refractivity contribution in [2.45, 2.75) is 31.6 Å². The molecule has 2 saturated heterocycles. The number of piperidine rings is 1. The number of carbonyl (C=O) groups is 1. The Kier molecular flexibility index (Phi) is 6.09. The average molecular weight is 350 g/mol. The van der Waals surface area contributed by atoms with Crippen LogP contribution in [0.15, 0.2) is 10.6 Å². The predicted octanol–water partition coefficient (Wildman–Crippen LogP) is 0.769. The molecule has 7 heteroatoms. The van der Waals surface area contributed by atoms with Gasteiger partial charge in [0.05, 0.1) is 17.7 Å². The van der Waals surface area contributed by atoms with E-state index in [1.807, 2.05) is 20.2 Å². The Morgan fingerprint density at radius 1 is 1.52 bits per heavy atom. The molecule has 2 fully saturated rings. The molecule has 2 aliphatic rings. The van der Waals surface area contributed by atoms with Crippen molar-refractivity contribution >= 4 is 5.91 Å². The van der Waals surface area contributed by atoms with E-state index in [1.165, 1.54) is 0 Å². The van der Waals surface area contributed by atoms with Gasteiger partial charge in [0, 0.05) is 44.6 Å². The number of nitrogens with one attached hydrogen (secondary N) is 2. The molecule has 0 aliphatic carbocycles. The second-order valence-electron chi connectivity index (χ2n) is 7.58. The normalized spacial score (nSPS) is 26.9. The van der Waals surface area contributed by atoms with E-state index in [2.05, 4.69) is 20.7 Å². The summed E-state index contributed by atoms with van der Waals surface area (Å²) in [6.45, 7) is 4.65. The molecule has 0 radical (unpaired) electrons. The Bertz CT molecular complexity index is 560. The van der Waals surface area contributed by atoms with Crippen molar-refractivity contribution in [3.8, 4) is 0 Å². The third kappa shape index (κ3) is 4.59. The monoisotopic (exact) mass is 350 g/mol. The van der Waals surface area contributed by atoms with Crippen LogP contribution in [0.3, 0.4) is 0 Å². The average Bonchev–Trinajstić information content (AvgIpc) is 3.26. The summed E-state index contributed by atoms with van der Waals surface area (Å²) >= 11 is 0. The fraction of sp³-hybridized carbons (Fsp3) is 0.778. The minimum Gasteiger partial charge on any atom is -0.381 e. The zero-order valence-corrected chi connectivity index (χ0v) is 15.3. The highest BCUT2D eigenvalue weighted by Crippen LogP contribution is 2.33. The first kappa shape index (κ1) is 18.4. The molecule has 7 nitrogen and oxygen atoms in total. The zero-order valence-electron chi connectivity index (χ0n) is 15.3. The van der Waals surface area contributed by atoms with Gasteiger partial charge in [-0.25, -0.2) is 0 Å². The van der Waals surface area contributed by atoms with Crippen LogP contribution in [0.2, 0.25) is 0 Å². The highest BCUT2D eigenvalue weighted by Gasteiger charge is 2.41. The Morgan fingerprint density at radius 2 is 2.40 bits per heavy atom. The van der Waals surface area contributed by atoms with Crippen LogP contribution in [0.25, 0.3) is 0 Å². The third-order valence-electron chi connectivity index (χ3n) is 5.24. The van der Waals surface area contributed by atoms with Crippen molar-refractivity contribution in [2.75, 3.05) is 53.5 Å². The summed E-state index contributed by atoms with van der Waals surface area (Å²) in [5.41, 5.74) is 0.507. The Balaban J connectivity index is 1.66. The van der Waals surface area contributed by atoms with Crippen LogP contribution in [0, 0.1) is 5.41 Å². The highest BCUT2D eigenvalue weighted by molar-refractivity contribution is 5.83. The SMILES string of the molecule is CN(C)CCNC(=O)[C@@]1(Cc2cc([C@@H]3CCOC3)no2)CCCNC1. The van der Waals surface area contributed by atoms with Gasteiger partial charge in [-0.2, -0.15) is 0 Å². The Hall–Kier alpha value is -1.44. The molecule has 2 aliphatic heterocycles. The molecular formula is C18H30N4O3. The lowest BCUT2D eigenvalue weighted by atomic mass is 9.76. The summed E-state index contributed by atoms with van der Waals surface area (Å²) in [6, 6.07) is 2.02. The van der Waals surface area contributed by atoms with Crippen LogP contribution in [-0.2, 0) is 16.0 Å². The number of carbonyl (C=O) groups excluding carboxylic acids is 1. The first-order valence-electron chi connectivity index (χ1n) is 9.26. The molecule has 3 rings (SSSR count). The van der Waals surface area contributed by atoms with Gasteiger partial charge in [0.1, 0.15) is 5.76 Å². The number of ether oxygens (including phenoxy) is 1. The molecule has 1 aromatic heterocycles. The minimum atomic E-state index is -0.451. The van der Waals surface area contributed by atoms with E-state index in [4.69, 9.17) is 9.26 Å². The molecule has 0 spiro atoms. The van der Waals surface area contributed by atoms with Crippen LogP contribution < -0.4 is 10.6 Å². The molecule has 3 heterocycles. The van der Waals surface area contributed by atoms with Crippen molar-refractivity contribution in [1.29, 1.82) is 0 Å². The van der Waals surface area contributed by atoms with E-state index in [0.29, 0.717) is 32.0 Å². The number of hydrogen-bond acceptors (Lipinski definition) is 6. The Morgan fingerprint density at radius 3 is 3.08 bits per heavy atom. The molecule has 0 bridgehead atoms. The summed E-state index contributed by atoms with van der Waals surface area (Å²) in [5, 5.41) is 10.7. The topological polar surface area (TPSA) is 79.6 Å². The standard InChI is InChI=1S/C18H30N4O3/c1-22(2)8-7-20-17(23)18(5-3-6-19-13-18)11-15-10-16(21-25-15)14-4-9-24-12-14/h10,14,19H,3-9,11-13H2,1-2H3,(H,20,23)/t14-,18-/m1/s1. The fourth-order valence-corrected chi connectivity index (χ4v) is 3.68. The summed E-state index contributed by atoms with van der Waals surface area (Å²) in [7, 11) is 4.01. The van der Waals surface area contributed by atoms with E-state index in [9.17, 15) is 4.79 Å². The number of hydrogen-bond donors (Lipinski definition) is 2. The molecule has 1 aromatic rings. The van der Waals surface area contributed by atoms with Gasteiger partial charge < -0.3 is 24.8 Å². The smallest absolute Gasteiger partial charge is 0.228 e. The van der Waals surface area contributed by atoms with Gasteiger partial charge in [-0.15, -0.1) is 0 Å². The second kappa shape index (κ2) is 8.29. The van der Waals surface area contributed by atoms with Crippen molar-refractivity contribution < 1.29 is 14.1 Å². The van der Waals surface area contributed by atoms with Crippen LogP contribution in [0.5, 0.6) is 0 Å². The first-order chi connectivity index (χ1) is 12.1. The van der Waals surface area contributed by atoms with Gasteiger partial charge >= 0.3 is 0 Å². The van der Waals surface area contributed by atoms with E-state index in [1.54, 1.807) is 0 Å². The Labute approximate surface area is 149 Å².